The molecule has 7 rings (SSSR count). The first-order valence-corrected chi connectivity index (χ1v) is 16.2. The predicted molar refractivity (Wildman–Crippen MR) is 168 cm³/mol. The van der Waals surface area contributed by atoms with Crippen molar-refractivity contribution >= 4 is 35.9 Å². The van der Waals surface area contributed by atoms with Gasteiger partial charge in [0.2, 0.25) is 5.60 Å². The molecule has 0 bridgehead atoms. The minimum atomic E-state index is -1.46. The molecule has 2 fully saturated rings. The average Bonchev–Trinajstić information content (AvgIpc) is 3.43. The number of likely N-dealkylation sites (tertiary alicyclic amines) is 2. The Balaban J connectivity index is 1.17. The molecule has 0 spiro atoms. The van der Waals surface area contributed by atoms with E-state index in [1.54, 1.807) is 17.6 Å². The van der Waals surface area contributed by atoms with E-state index in [1.165, 1.54) is 32.4 Å². The summed E-state index contributed by atoms with van der Waals surface area (Å²) in [6, 6.07) is 7.93. The van der Waals surface area contributed by atoms with Gasteiger partial charge in [-0.15, -0.1) is 0 Å². The zero-order valence-corrected chi connectivity index (χ0v) is 26.2. The van der Waals surface area contributed by atoms with Crippen LogP contribution in [-0.2, 0) is 38.9 Å². The van der Waals surface area contributed by atoms with E-state index in [0.29, 0.717) is 60.4 Å². The first-order valence-electron chi connectivity index (χ1n) is 15.8. The number of esters is 1. The molecule has 2 saturated heterocycles. The smallest absolute Gasteiger partial charge is 0.415 e. The standard InChI is InChI=1S/C33H38N4O6S/c1-3-22-23-16-21(42-32(40)36-14-10-20(11-15-36)35-12-6-5-7-13-35)8-9-27(23)34-29-24(22)18-37-28(29)17-26-25(30(37)38)19-41-31(39)33(26,4-2)43-44/h8-9,16-17,20,44H,3-7,10-15,18-19H2,1-2H3/t33-/m0/s1. The van der Waals surface area contributed by atoms with E-state index in [4.69, 9.17) is 18.6 Å². The van der Waals surface area contributed by atoms with Gasteiger partial charge in [0.15, 0.2) is 0 Å². The molecule has 1 aromatic carbocycles. The zero-order valence-electron chi connectivity index (χ0n) is 25.3. The number of hydrogen-bond donors (Lipinski definition) is 1. The van der Waals surface area contributed by atoms with Crippen molar-refractivity contribution in [2.24, 2.45) is 0 Å². The number of fused-ring (bicyclic) bond motifs is 5. The molecular weight excluding hydrogens is 580 g/mol. The number of cyclic esters (lactones) is 1. The maximum atomic E-state index is 13.7. The number of piperidine rings is 2. The fourth-order valence-electron chi connectivity index (χ4n) is 7.61. The Bertz CT molecular complexity index is 1700. The topological polar surface area (TPSA) is 103 Å². The van der Waals surface area contributed by atoms with Crippen LogP contribution in [0.3, 0.4) is 0 Å². The fourth-order valence-corrected chi connectivity index (χ4v) is 7.91. The summed E-state index contributed by atoms with van der Waals surface area (Å²) in [5, 5.41) is 0.895. The molecule has 232 valence electrons. The lowest BCUT2D eigenvalue weighted by molar-refractivity contribution is -0.167. The van der Waals surface area contributed by atoms with Gasteiger partial charge in [-0.3, -0.25) is 8.98 Å². The number of carbonyl (C=O) groups is 2. The SMILES string of the molecule is CCc1c2c(nc3ccc(OC(=O)N4CCC(N5CCCCC5)CC4)cc13)-c1cc3c(c(=O)n1C2)COC(=O)[C@@]3(CC)OS. The molecule has 10 nitrogen and oxygen atoms in total. The van der Waals surface area contributed by atoms with E-state index in [-0.39, 0.29) is 24.7 Å². The van der Waals surface area contributed by atoms with E-state index >= 15 is 0 Å². The molecule has 11 heteroatoms. The van der Waals surface area contributed by atoms with Gasteiger partial charge in [0.1, 0.15) is 12.4 Å². The number of thiol groups is 1. The van der Waals surface area contributed by atoms with Crippen molar-refractivity contribution < 1.29 is 23.2 Å². The van der Waals surface area contributed by atoms with Crippen LogP contribution in [0.25, 0.3) is 22.3 Å². The Morgan fingerprint density at radius 2 is 1.84 bits per heavy atom. The summed E-state index contributed by atoms with van der Waals surface area (Å²) in [5.74, 6) is -0.0752. The second-order valence-corrected chi connectivity index (χ2v) is 12.5. The largest absolute Gasteiger partial charge is 0.458 e. The predicted octanol–water partition coefficient (Wildman–Crippen LogP) is 4.96. The number of ether oxygens (including phenoxy) is 2. The minimum absolute atomic E-state index is 0.108. The Morgan fingerprint density at radius 3 is 2.55 bits per heavy atom. The lowest BCUT2D eigenvalue weighted by Gasteiger charge is -2.39. The molecule has 0 saturated carbocycles. The first kappa shape index (κ1) is 29.3. The summed E-state index contributed by atoms with van der Waals surface area (Å²) in [7, 11) is 0. The van der Waals surface area contributed by atoms with Crippen molar-refractivity contribution in [2.45, 2.75) is 83.6 Å². The van der Waals surface area contributed by atoms with Crippen molar-refractivity contribution in [1.82, 2.24) is 19.4 Å². The highest BCUT2D eigenvalue weighted by Gasteiger charge is 2.48. The summed E-state index contributed by atoms with van der Waals surface area (Å²) < 4.78 is 18.4. The number of nitrogens with zero attached hydrogens (tertiary/aromatic N) is 4. The molecule has 0 aliphatic carbocycles. The fraction of sp³-hybridized carbons (Fsp3) is 0.515. The van der Waals surface area contributed by atoms with Crippen molar-refractivity contribution in [2.75, 3.05) is 26.2 Å². The van der Waals surface area contributed by atoms with E-state index in [1.807, 2.05) is 23.1 Å². The van der Waals surface area contributed by atoms with Gasteiger partial charge in [0, 0.05) is 35.6 Å². The number of aryl methyl sites for hydroxylation is 1. The van der Waals surface area contributed by atoms with Crippen molar-refractivity contribution in [3.8, 4) is 17.1 Å². The minimum Gasteiger partial charge on any atom is -0.458 e. The van der Waals surface area contributed by atoms with Gasteiger partial charge in [0.05, 0.1) is 29.0 Å². The summed E-state index contributed by atoms with van der Waals surface area (Å²) in [6.45, 7) is 7.86. The molecule has 4 aliphatic rings. The monoisotopic (exact) mass is 618 g/mol. The summed E-state index contributed by atoms with van der Waals surface area (Å²) in [6.07, 6.45) is 6.47. The maximum Gasteiger partial charge on any atom is 0.415 e. The average molecular weight is 619 g/mol. The number of carbonyl (C=O) groups excluding carboxylic acids is 2. The molecule has 44 heavy (non-hydrogen) atoms. The third-order valence-electron chi connectivity index (χ3n) is 10.1. The summed E-state index contributed by atoms with van der Waals surface area (Å²) in [5.41, 5.74) is 3.28. The van der Waals surface area contributed by atoms with Crippen molar-refractivity contribution in [3.05, 3.63) is 56.9 Å². The molecule has 0 unspecified atom stereocenters. The van der Waals surface area contributed by atoms with Crippen LogP contribution in [0.2, 0.25) is 0 Å². The highest BCUT2D eigenvalue weighted by molar-refractivity contribution is 7.75. The van der Waals surface area contributed by atoms with Crippen LogP contribution < -0.4 is 10.3 Å². The zero-order chi connectivity index (χ0) is 30.6. The second kappa shape index (κ2) is 11.5. The van der Waals surface area contributed by atoms with Gasteiger partial charge in [-0.05, 0) is 94.4 Å². The van der Waals surface area contributed by atoms with Crippen molar-refractivity contribution in [3.63, 3.8) is 0 Å². The number of rotatable bonds is 5. The molecule has 6 heterocycles. The number of benzene rings is 1. The van der Waals surface area contributed by atoms with Crippen LogP contribution in [-0.4, -0.2) is 63.6 Å². The van der Waals surface area contributed by atoms with E-state index < -0.39 is 11.6 Å². The van der Waals surface area contributed by atoms with Gasteiger partial charge in [-0.1, -0.05) is 20.3 Å². The highest BCUT2D eigenvalue weighted by atomic mass is 32.1. The van der Waals surface area contributed by atoms with Gasteiger partial charge in [0.25, 0.3) is 5.56 Å². The Kier molecular flexibility index (Phi) is 7.66. The third-order valence-corrected chi connectivity index (χ3v) is 10.4. The third kappa shape index (κ3) is 4.62. The van der Waals surface area contributed by atoms with E-state index in [0.717, 1.165) is 34.9 Å². The molecule has 0 N–H and O–H groups in total. The summed E-state index contributed by atoms with van der Waals surface area (Å²) in [4.78, 5) is 49.1. The van der Waals surface area contributed by atoms with Gasteiger partial charge in [-0.2, -0.15) is 0 Å². The second-order valence-electron chi connectivity index (χ2n) is 12.3. The molecule has 4 aliphatic heterocycles. The first-order chi connectivity index (χ1) is 21.4. The van der Waals surface area contributed by atoms with Crippen LogP contribution in [0.1, 0.15) is 74.6 Å². The van der Waals surface area contributed by atoms with Crippen LogP contribution >= 0.6 is 12.9 Å². The number of pyridine rings is 2. The Labute approximate surface area is 261 Å². The quantitative estimate of drug-likeness (QED) is 0.190. The van der Waals surface area contributed by atoms with E-state index in [2.05, 4.69) is 24.7 Å². The number of hydrogen-bond acceptors (Lipinski definition) is 9. The maximum absolute atomic E-state index is 13.7. The van der Waals surface area contributed by atoms with Gasteiger partial charge >= 0.3 is 12.1 Å². The van der Waals surface area contributed by atoms with Gasteiger partial charge in [-0.25, -0.2) is 14.6 Å². The molecular formula is C33H38N4O6S. The van der Waals surface area contributed by atoms with E-state index in [9.17, 15) is 14.4 Å². The number of aromatic nitrogens is 2. The van der Waals surface area contributed by atoms with Crippen molar-refractivity contribution in [1.29, 1.82) is 0 Å². The number of amides is 1. The normalized spacial score (nSPS) is 22.0. The lowest BCUT2D eigenvalue weighted by Crippen LogP contribution is -2.48. The van der Waals surface area contributed by atoms with Crippen LogP contribution in [0, 0.1) is 0 Å². The molecule has 2 aromatic heterocycles. The molecule has 3 aromatic rings. The van der Waals surface area contributed by atoms with Crippen LogP contribution in [0.15, 0.2) is 29.1 Å². The van der Waals surface area contributed by atoms with Crippen LogP contribution in [0.4, 0.5) is 4.79 Å². The lowest BCUT2D eigenvalue weighted by atomic mass is 9.86. The molecule has 1 atom stereocenters. The highest BCUT2D eigenvalue weighted by Crippen LogP contribution is 2.42. The van der Waals surface area contributed by atoms with Gasteiger partial charge < -0.3 is 23.8 Å². The molecule has 1 amide bonds. The summed E-state index contributed by atoms with van der Waals surface area (Å²) >= 11 is 4.01. The Morgan fingerprint density at radius 1 is 1.07 bits per heavy atom. The Hall–Kier alpha value is -3.41. The molecule has 0 radical (unpaired) electrons. The van der Waals surface area contributed by atoms with Crippen LogP contribution in [0.5, 0.6) is 5.75 Å².